The molecule has 8 heteroatoms. The highest BCUT2D eigenvalue weighted by Gasteiger charge is 2.24. The number of hydrogen-bond donors (Lipinski definition) is 0. The van der Waals surface area contributed by atoms with E-state index in [4.69, 9.17) is 4.74 Å². The van der Waals surface area contributed by atoms with E-state index in [0.29, 0.717) is 39.4 Å². The molecule has 3 aromatic rings. The summed E-state index contributed by atoms with van der Waals surface area (Å²) in [4.78, 5) is 33.5. The Bertz CT molecular complexity index is 1090. The van der Waals surface area contributed by atoms with E-state index in [1.54, 1.807) is 27.2 Å². The normalized spacial score (nSPS) is 14.0. The highest BCUT2D eigenvalue weighted by Crippen LogP contribution is 2.16. The van der Waals surface area contributed by atoms with Crippen LogP contribution in [0.1, 0.15) is 20.8 Å². The third-order valence-electron chi connectivity index (χ3n) is 5.97. The third kappa shape index (κ3) is 7.45. The number of rotatable bonds is 10. The molecule has 2 amide bonds. The second-order valence-corrected chi connectivity index (χ2v) is 9.54. The maximum absolute atomic E-state index is 13.8. The van der Waals surface area contributed by atoms with E-state index in [-0.39, 0.29) is 23.9 Å². The van der Waals surface area contributed by atoms with Crippen molar-refractivity contribution in [3.05, 3.63) is 93.9 Å². The first-order valence-corrected chi connectivity index (χ1v) is 12.7. The number of nitrogens with zero attached hydrogens (tertiary/aromatic N) is 3. The quantitative estimate of drug-likeness (QED) is 0.428. The van der Waals surface area contributed by atoms with Crippen LogP contribution >= 0.6 is 11.3 Å². The van der Waals surface area contributed by atoms with Gasteiger partial charge in [-0.15, -0.1) is 11.3 Å². The lowest BCUT2D eigenvalue weighted by Crippen LogP contribution is -2.47. The number of carbonyl (C=O) groups is 2. The van der Waals surface area contributed by atoms with Crippen LogP contribution in [0.3, 0.4) is 0 Å². The molecule has 1 aliphatic rings. The van der Waals surface area contributed by atoms with E-state index in [1.165, 1.54) is 18.2 Å². The molecule has 2 aromatic carbocycles. The van der Waals surface area contributed by atoms with Gasteiger partial charge >= 0.3 is 0 Å². The first kappa shape index (κ1) is 25.0. The molecular weight excluding hydrogens is 465 g/mol. The van der Waals surface area contributed by atoms with Gasteiger partial charge in [0.15, 0.2) is 0 Å². The minimum atomic E-state index is -0.473. The van der Waals surface area contributed by atoms with Crippen molar-refractivity contribution < 1.29 is 18.7 Å². The van der Waals surface area contributed by atoms with Crippen molar-refractivity contribution in [3.63, 3.8) is 0 Å². The van der Waals surface area contributed by atoms with Gasteiger partial charge in [-0.2, -0.15) is 0 Å². The summed E-state index contributed by atoms with van der Waals surface area (Å²) in [6.07, 6.45) is 0. The molecule has 1 aliphatic heterocycles. The highest BCUT2D eigenvalue weighted by atomic mass is 32.1. The van der Waals surface area contributed by atoms with E-state index in [1.807, 2.05) is 47.8 Å². The third-order valence-corrected chi connectivity index (χ3v) is 6.83. The molecule has 0 aliphatic carbocycles. The van der Waals surface area contributed by atoms with Crippen LogP contribution in [0.2, 0.25) is 0 Å². The number of ether oxygens (including phenoxy) is 1. The molecule has 1 saturated heterocycles. The summed E-state index contributed by atoms with van der Waals surface area (Å²) in [6.45, 7) is 4.73. The number of carbonyl (C=O) groups excluding carboxylic acids is 2. The Hall–Kier alpha value is -3.07. The number of morpholine rings is 1. The van der Waals surface area contributed by atoms with Crippen molar-refractivity contribution in [3.8, 4) is 0 Å². The Labute approximate surface area is 209 Å². The van der Waals surface area contributed by atoms with Crippen LogP contribution < -0.4 is 0 Å². The van der Waals surface area contributed by atoms with Gasteiger partial charge in [0.25, 0.3) is 5.91 Å². The van der Waals surface area contributed by atoms with Crippen LogP contribution in [0, 0.1) is 5.82 Å². The monoisotopic (exact) mass is 495 g/mol. The fourth-order valence-electron chi connectivity index (χ4n) is 4.03. The number of benzene rings is 2. The highest BCUT2D eigenvalue weighted by molar-refractivity contribution is 7.09. The van der Waals surface area contributed by atoms with Crippen LogP contribution in [0.25, 0.3) is 0 Å². The standard InChI is InChI=1S/C27H30FN3O3S/c28-24-9-4-8-23(18-24)27(33)30(12-11-29-13-15-34-16-14-29)21-26(32)31(20-25-10-5-17-35-25)19-22-6-2-1-3-7-22/h1-10,17-18H,11-16,19-21H2. The summed E-state index contributed by atoms with van der Waals surface area (Å²) in [5.41, 5.74) is 1.27. The molecule has 0 bridgehead atoms. The van der Waals surface area contributed by atoms with Crippen molar-refractivity contribution in [2.45, 2.75) is 13.1 Å². The van der Waals surface area contributed by atoms with E-state index < -0.39 is 5.82 Å². The number of amides is 2. The smallest absolute Gasteiger partial charge is 0.254 e. The van der Waals surface area contributed by atoms with Gasteiger partial charge < -0.3 is 14.5 Å². The molecule has 0 N–H and O–H groups in total. The number of halogens is 1. The van der Waals surface area contributed by atoms with E-state index in [0.717, 1.165) is 23.5 Å². The van der Waals surface area contributed by atoms with E-state index >= 15 is 0 Å². The number of hydrogen-bond acceptors (Lipinski definition) is 5. The van der Waals surface area contributed by atoms with E-state index in [2.05, 4.69) is 4.90 Å². The van der Waals surface area contributed by atoms with Crippen molar-refractivity contribution in [1.82, 2.24) is 14.7 Å². The molecule has 0 saturated carbocycles. The minimum Gasteiger partial charge on any atom is -0.379 e. The van der Waals surface area contributed by atoms with Gasteiger partial charge in [0.2, 0.25) is 5.91 Å². The fourth-order valence-corrected chi connectivity index (χ4v) is 4.75. The molecule has 6 nitrogen and oxygen atoms in total. The van der Waals surface area contributed by atoms with Crippen molar-refractivity contribution in [1.29, 1.82) is 0 Å². The Kier molecular flexibility index (Phi) is 9.00. The molecule has 0 unspecified atom stereocenters. The molecule has 35 heavy (non-hydrogen) atoms. The van der Waals surface area contributed by atoms with Crippen LogP contribution in [-0.2, 0) is 22.6 Å². The van der Waals surface area contributed by atoms with Crippen molar-refractivity contribution >= 4 is 23.2 Å². The van der Waals surface area contributed by atoms with Crippen LogP contribution in [-0.4, -0.2) is 72.5 Å². The van der Waals surface area contributed by atoms with E-state index in [9.17, 15) is 14.0 Å². The molecule has 1 fully saturated rings. The lowest BCUT2D eigenvalue weighted by Gasteiger charge is -2.31. The SMILES string of the molecule is O=C(CN(CCN1CCOCC1)C(=O)c1cccc(F)c1)N(Cc1ccccc1)Cc1cccs1. The Morgan fingerprint density at radius 1 is 0.943 bits per heavy atom. The molecule has 184 valence electrons. The maximum atomic E-state index is 13.8. The first-order chi connectivity index (χ1) is 17.1. The first-order valence-electron chi connectivity index (χ1n) is 11.8. The fraction of sp³-hybridized carbons (Fsp3) is 0.333. The van der Waals surface area contributed by atoms with Gasteiger partial charge in [-0.3, -0.25) is 14.5 Å². The zero-order chi connectivity index (χ0) is 24.5. The van der Waals surface area contributed by atoms with Crippen LogP contribution in [0.5, 0.6) is 0 Å². The van der Waals surface area contributed by atoms with Crippen LogP contribution in [0.15, 0.2) is 72.1 Å². The van der Waals surface area contributed by atoms with Gasteiger partial charge in [-0.1, -0.05) is 42.5 Å². The van der Waals surface area contributed by atoms with Crippen molar-refractivity contribution in [2.24, 2.45) is 0 Å². The predicted octanol–water partition coefficient (Wildman–Crippen LogP) is 3.89. The Balaban J connectivity index is 1.51. The van der Waals surface area contributed by atoms with Gasteiger partial charge in [0.1, 0.15) is 12.4 Å². The molecule has 4 rings (SSSR count). The molecule has 2 heterocycles. The van der Waals surface area contributed by atoms with Gasteiger partial charge in [-0.25, -0.2) is 4.39 Å². The average Bonchev–Trinajstić information content (AvgIpc) is 3.40. The lowest BCUT2D eigenvalue weighted by atomic mass is 10.1. The lowest BCUT2D eigenvalue weighted by molar-refractivity contribution is -0.133. The topological polar surface area (TPSA) is 53.1 Å². The Morgan fingerprint density at radius 3 is 2.46 bits per heavy atom. The predicted molar refractivity (Wildman–Crippen MR) is 135 cm³/mol. The summed E-state index contributed by atoms with van der Waals surface area (Å²) in [7, 11) is 0. The second-order valence-electron chi connectivity index (χ2n) is 8.51. The van der Waals surface area contributed by atoms with Crippen LogP contribution in [0.4, 0.5) is 4.39 Å². The molecule has 0 radical (unpaired) electrons. The summed E-state index contributed by atoms with van der Waals surface area (Å²) >= 11 is 1.60. The molecule has 0 spiro atoms. The maximum Gasteiger partial charge on any atom is 0.254 e. The summed E-state index contributed by atoms with van der Waals surface area (Å²) in [5, 5.41) is 1.99. The summed E-state index contributed by atoms with van der Waals surface area (Å²) in [5.74, 6) is -0.963. The van der Waals surface area contributed by atoms with Crippen molar-refractivity contribution in [2.75, 3.05) is 45.9 Å². The number of thiophene rings is 1. The van der Waals surface area contributed by atoms with Gasteiger partial charge in [-0.05, 0) is 35.2 Å². The zero-order valence-corrected chi connectivity index (χ0v) is 20.5. The molecule has 1 aromatic heterocycles. The minimum absolute atomic E-state index is 0.0715. The van der Waals surface area contributed by atoms with Gasteiger partial charge in [0.05, 0.1) is 19.8 Å². The largest absolute Gasteiger partial charge is 0.379 e. The Morgan fingerprint density at radius 2 is 1.74 bits per heavy atom. The molecule has 0 atom stereocenters. The average molecular weight is 496 g/mol. The van der Waals surface area contributed by atoms with Gasteiger partial charge in [0, 0.05) is 43.2 Å². The summed E-state index contributed by atoms with van der Waals surface area (Å²) < 4.78 is 19.3. The second kappa shape index (κ2) is 12.6. The molecular formula is C27H30FN3O3S. The zero-order valence-electron chi connectivity index (χ0n) is 19.6. The summed E-state index contributed by atoms with van der Waals surface area (Å²) in [6, 6.07) is 19.4.